The lowest BCUT2D eigenvalue weighted by molar-refractivity contribution is -0.118. The highest BCUT2D eigenvalue weighted by molar-refractivity contribution is 7.54. The van der Waals surface area contributed by atoms with Gasteiger partial charge >= 0.3 is 13.3 Å². The van der Waals surface area contributed by atoms with Crippen LogP contribution in [0, 0.1) is 5.92 Å². The van der Waals surface area contributed by atoms with Gasteiger partial charge in [-0.05, 0) is 52.2 Å². The summed E-state index contributed by atoms with van der Waals surface area (Å²) in [5, 5.41) is 4.98. The number of para-hydroxylation sites is 2. The molecule has 294 valence electrons. The Balaban J connectivity index is 1.40. The smallest absolute Gasteiger partial charge is 0.414 e. The lowest BCUT2D eigenvalue weighted by Crippen LogP contribution is -2.68. The Morgan fingerprint density at radius 1 is 0.875 bits per heavy atom. The number of amides is 1. The van der Waals surface area contributed by atoms with Crippen molar-refractivity contribution < 1.29 is 27.6 Å². The molecule has 1 fully saturated rings. The zero-order chi connectivity index (χ0) is 40.1. The van der Waals surface area contributed by atoms with E-state index in [0.717, 1.165) is 10.4 Å². The van der Waals surface area contributed by atoms with Crippen molar-refractivity contribution in [2.24, 2.45) is 5.92 Å². The molecule has 3 atom stereocenters. The van der Waals surface area contributed by atoms with Gasteiger partial charge in [-0.2, -0.15) is 4.98 Å². The number of carbonyl (C=O) groups excluding carboxylic acids is 1. The Morgan fingerprint density at radius 2 is 1.39 bits per heavy atom. The van der Waals surface area contributed by atoms with Crippen molar-refractivity contribution in [2.45, 2.75) is 70.9 Å². The molecule has 1 N–H and O–H groups in total. The van der Waals surface area contributed by atoms with E-state index in [4.69, 9.17) is 41.4 Å². The number of rotatable bonds is 14. The predicted octanol–water partition coefficient (Wildman–Crippen LogP) is 9.12. The van der Waals surface area contributed by atoms with Crippen LogP contribution in [-0.4, -0.2) is 42.1 Å². The van der Waals surface area contributed by atoms with Crippen LogP contribution in [0.3, 0.4) is 0 Å². The Labute approximate surface area is 338 Å². The van der Waals surface area contributed by atoms with E-state index >= 15 is 0 Å². The molecule has 0 saturated carbocycles. The maximum atomic E-state index is 14.8. The Hall–Kier alpha value is -4.22. The van der Waals surface area contributed by atoms with Crippen LogP contribution in [-0.2, 0) is 18.5 Å². The highest BCUT2D eigenvalue weighted by atomic mass is 35.5. The van der Waals surface area contributed by atoms with Crippen molar-refractivity contribution in [3.05, 3.63) is 142 Å². The molecule has 1 saturated heterocycles. The molecule has 0 bridgehead atoms. The van der Waals surface area contributed by atoms with Gasteiger partial charge in [0.05, 0.1) is 28.4 Å². The summed E-state index contributed by atoms with van der Waals surface area (Å²) in [6, 6.07) is 35.5. The third-order valence-electron chi connectivity index (χ3n) is 9.68. The minimum atomic E-state index is -4.04. The summed E-state index contributed by atoms with van der Waals surface area (Å²) < 4.78 is 42.8. The number of anilines is 1. The maximum absolute atomic E-state index is 14.8. The molecule has 56 heavy (non-hydrogen) atoms. The highest BCUT2D eigenvalue weighted by Crippen LogP contribution is 2.53. The molecule has 0 unspecified atom stereocenters. The Bertz CT molecular complexity index is 2150. The van der Waals surface area contributed by atoms with Gasteiger partial charge in [-0.3, -0.25) is 9.36 Å². The van der Waals surface area contributed by atoms with Crippen LogP contribution in [0.1, 0.15) is 53.7 Å². The molecule has 0 aliphatic carbocycles. The summed E-state index contributed by atoms with van der Waals surface area (Å²) in [6.45, 7) is 10.1. The zero-order valence-electron chi connectivity index (χ0n) is 31.9. The summed E-state index contributed by atoms with van der Waals surface area (Å²) >= 11 is 12.9. The SMILES string of the molecule is CC(C)C(=O)Nc1ccn([C@H]2C[C@H](O[Si](c3ccccc3)(c3ccccc3)C(C)(C)C)[C@@H](CCP(=O)(Oc3ccccc3Cl)Oc3ccccc3Cl)O2)c(=O)n1. The van der Waals surface area contributed by atoms with Crippen molar-refractivity contribution in [1.29, 1.82) is 0 Å². The number of halogens is 2. The van der Waals surface area contributed by atoms with E-state index in [9.17, 15) is 14.2 Å². The number of nitrogens with zero attached hydrogens (tertiary/aromatic N) is 2. The first-order valence-electron chi connectivity index (χ1n) is 18.5. The molecule has 0 spiro atoms. The van der Waals surface area contributed by atoms with Crippen LogP contribution in [0.15, 0.2) is 126 Å². The molecule has 1 aliphatic rings. The molecule has 14 heteroatoms. The quantitative estimate of drug-likeness (QED) is 0.0870. The van der Waals surface area contributed by atoms with Crippen molar-refractivity contribution in [2.75, 3.05) is 11.5 Å². The topological polar surface area (TPSA) is 118 Å². The number of hydrogen-bond acceptors (Lipinski definition) is 8. The monoisotopic (exact) mass is 833 g/mol. The highest BCUT2D eigenvalue weighted by Gasteiger charge is 2.54. The largest absolute Gasteiger partial charge is 0.430 e. The Morgan fingerprint density at radius 3 is 1.88 bits per heavy atom. The number of benzene rings is 4. The van der Waals surface area contributed by atoms with E-state index < -0.39 is 40.0 Å². The van der Waals surface area contributed by atoms with Crippen LogP contribution in [0.25, 0.3) is 0 Å². The molecule has 6 rings (SSSR count). The fourth-order valence-electron chi connectivity index (χ4n) is 6.88. The standard InChI is InChI=1S/C42H46Cl2N3O7PSi/c1-29(2)40(48)45-38-24-26-47(41(49)46-38)39-28-37(54-56(42(3,4)5,30-16-8-6-9-17-30)31-18-10-7-11-19-31)36(51-39)25-27-55(50,52-34-22-14-12-20-32(34)43)53-35-23-15-13-21-33(35)44/h6-24,26,29,36-37,39H,25,27-28H2,1-5H3,(H,45,46,48,49)/t36-,37+,39-/m1/s1. The molecule has 0 radical (unpaired) electrons. The van der Waals surface area contributed by atoms with Crippen LogP contribution < -0.4 is 30.4 Å². The lowest BCUT2D eigenvalue weighted by atomic mass is 10.1. The molecule has 1 aromatic heterocycles. The fourth-order valence-corrected chi connectivity index (χ4v) is 13.8. The van der Waals surface area contributed by atoms with Gasteiger partial charge in [-0.1, -0.05) is 143 Å². The lowest BCUT2D eigenvalue weighted by Gasteiger charge is -2.45. The summed E-state index contributed by atoms with van der Waals surface area (Å²) in [6.07, 6.45) is -0.212. The normalized spacial score (nSPS) is 17.5. The third-order valence-corrected chi connectivity index (χ3v) is 17.1. The molecular weight excluding hydrogens is 788 g/mol. The average Bonchev–Trinajstić information content (AvgIpc) is 3.57. The number of nitrogens with one attached hydrogen (secondary N) is 1. The number of hydrogen-bond donors (Lipinski definition) is 1. The molecule has 2 heterocycles. The van der Waals surface area contributed by atoms with Gasteiger partial charge < -0.3 is 23.5 Å². The molecule has 10 nitrogen and oxygen atoms in total. The van der Waals surface area contributed by atoms with Gasteiger partial charge in [0.2, 0.25) is 5.91 Å². The predicted molar refractivity (Wildman–Crippen MR) is 224 cm³/mol. The molecular formula is C42H46Cl2N3O7PSi. The molecule has 1 aliphatic heterocycles. The number of carbonyl (C=O) groups is 1. The Kier molecular flexibility index (Phi) is 12.9. The minimum absolute atomic E-state index is 0.116. The number of aromatic nitrogens is 2. The maximum Gasteiger partial charge on any atom is 0.430 e. The zero-order valence-corrected chi connectivity index (χ0v) is 35.3. The van der Waals surface area contributed by atoms with Crippen LogP contribution in [0.5, 0.6) is 11.5 Å². The van der Waals surface area contributed by atoms with Gasteiger partial charge in [-0.25, -0.2) is 9.36 Å². The first-order chi connectivity index (χ1) is 26.7. The van der Waals surface area contributed by atoms with E-state index in [1.54, 1.807) is 74.6 Å². The van der Waals surface area contributed by atoms with Crippen LogP contribution in [0.4, 0.5) is 5.82 Å². The van der Waals surface area contributed by atoms with Gasteiger partial charge in [0.25, 0.3) is 8.32 Å². The molecule has 5 aromatic rings. The van der Waals surface area contributed by atoms with Crippen LogP contribution >= 0.6 is 30.8 Å². The second-order valence-electron chi connectivity index (χ2n) is 15.0. The van der Waals surface area contributed by atoms with Crippen molar-refractivity contribution in [1.82, 2.24) is 9.55 Å². The van der Waals surface area contributed by atoms with E-state index in [0.29, 0.717) is 0 Å². The molecule has 1 amide bonds. The summed E-state index contributed by atoms with van der Waals surface area (Å²) in [5.41, 5.74) is -0.601. The first-order valence-corrected chi connectivity index (χ1v) is 22.9. The van der Waals surface area contributed by atoms with Crippen molar-refractivity contribution in [3.63, 3.8) is 0 Å². The first kappa shape index (κ1) is 41.4. The fraction of sp³-hybridized carbons (Fsp3) is 0.310. The van der Waals surface area contributed by atoms with Gasteiger partial charge in [0.15, 0.2) is 0 Å². The van der Waals surface area contributed by atoms with Gasteiger partial charge in [-0.15, -0.1) is 0 Å². The minimum Gasteiger partial charge on any atom is -0.414 e. The van der Waals surface area contributed by atoms with Crippen molar-refractivity contribution >= 4 is 61.2 Å². The third kappa shape index (κ3) is 9.31. The average molecular weight is 835 g/mol. The summed E-state index contributed by atoms with van der Waals surface area (Å²) in [5.74, 6) is -0.0198. The van der Waals surface area contributed by atoms with Gasteiger partial charge in [0, 0.05) is 18.5 Å². The van der Waals surface area contributed by atoms with Gasteiger partial charge in [0.1, 0.15) is 23.5 Å². The van der Waals surface area contributed by atoms with E-state index in [1.165, 1.54) is 4.57 Å². The number of ether oxygens (including phenoxy) is 1. The van der Waals surface area contributed by atoms with Crippen molar-refractivity contribution in [3.8, 4) is 11.5 Å². The van der Waals surface area contributed by atoms with E-state index in [2.05, 4.69) is 55.3 Å². The second kappa shape index (κ2) is 17.5. The molecule has 4 aromatic carbocycles. The van der Waals surface area contributed by atoms with Crippen LogP contribution in [0.2, 0.25) is 15.1 Å². The summed E-state index contributed by atoms with van der Waals surface area (Å²) in [7, 11) is -7.19. The second-order valence-corrected chi connectivity index (χ2v) is 22.1. The summed E-state index contributed by atoms with van der Waals surface area (Å²) in [4.78, 5) is 30.1. The van der Waals surface area contributed by atoms with E-state index in [1.807, 2.05) is 36.4 Å². The van der Waals surface area contributed by atoms with E-state index in [-0.39, 0.29) is 63.2 Å².